The van der Waals surface area contributed by atoms with E-state index in [4.69, 9.17) is 9.72 Å². The fourth-order valence-corrected chi connectivity index (χ4v) is 3.40. The Morgan fingerprint density at radius 2 is 2.25 bits per heavy atom. The highest BCUT2D eigenvalue weighted by Gasteiger charge is 2.24. The third-order valence-electron chi connectivity index (χ3n) is 4.43. The first-order valence-corrected chi connectivity index (χ1v) is 8.33. The lowest BCUT2D eigenvalue weighted by Gasteiger charge is -2.09. The Bertz CT molecular complexity index is 987. The van der Waals surface area contributed by atoms with Crippen LogP contribution in [-0.2, 0) is 19.9 Å². The van der Waals surface area contributed by atoms with E-state index in [0.29, 0.717) is 16.9 Å². The first-order chi connectivity index (χ1) is 11.6. The van der Waals surface area contributed by atoms with E-state index in [0.717, 1.165) is 41.8 Å². The number of hydrogen-bond donors (Lipinski definition) is 1. The van der Waals surface area contributed by atoms with Crippen molar-refractivity contribution in [3.8, 4) is 17.1 Å². The van der Waals surface area contributed by atoms with Crippen LogP contribution in [0.4, 0.5) is 0 Å². The lowest BCUT2D eigenvalue weighted by atomic mass is 10.1. The van der Waals surface area contributed by atoms with Crippen LogP contribution in [0.5, 0.6) is 5.75 Å². The van der Waals surface area contributed by atoms with Gasteiger partial charge in [0.15, 0.2) is 5.52 Å². The summed E-state index contributed by atoms with van der Waals surface area (Å²) < 4.78 is 7.56. The molecule has 3 aromatic rings. The number of benzene rings is 1. The normalized spacial score (nSPS) is 16.4. The fourth-order valence-electron chi connectivity index (χ4n) is 3.40. The summed E-state index contributed by atoms with van der Waals surface area (Å²) in [4.78, 5) is 20.2. The van der Waals surface area contributed by atoms with Crippen molar-refractivity contribution in [2.24, 2.45) is 7.05 Å². The van der Waals surface area contributed by atoms with Crippen LogP contribution in [0.2, 0.25) is 0 Å². The highest BCUT2D eigenvalue weighted by Crippen LogP contribution is 2.37. The number of H-pyrrole nitrogens is 1. The first-order valence-electron chi connectivity index (χ1n) is 8.33. The van der Waals surface area contributed by atoms with Gasteiger partial charge in [-0.25, -0.2) is 4.98 Å². The van der Waals surface area contributed by atoms with E-state index in [-0.39, 0.29) is 11.7 Å². The maximum atomic E-state index is 12.6. The molecule has 1 aromatic carbocycles. The molecule has 2 aromatic heterocycles. The molecule has 24 heavy (non-hydrogen) atoms. The Morgan fingerprint density at radius 1 is 1.42 bits per heavy atom. The monoisotopic (exact) mass is 324 g/mol. The van der Waals surface area contributed by atoms with E-state index in [9.17, 15) is 4.79 Å². The van der Waals surface area contributed by atoms with E-state index in [1.165, 1.54) is 0 Å². The Labute approximate surface area is 139 Å². The largest absolute Gasteiger partial charge is 0.489 e. The van der Waals surface area contributed by atoms with Gasteiger partial charge in [-0.15, -0.1) is 0 Å². The highest BCUT2D eigenvalue weighted by atomic mass is 16.5. The summed E-state index contributed by atoms with van der Waals surface area (Å²) in [6.45, 7) is 4.14. The van der Waals surface area contributed by atoms with Gasteiger partial charge in [0.1, 0.15) is 23.2 Å². The number of hydrogen-bond acceptors (Lipinski definition) is 4. The Balaban J connectivity index is 1.95. The van der Waals surface area contributed by atoms with Gasteiger partial charge in [-0.1, -0.05) is 25.5 Å². The predicted octanol–water partition coefficient (Wildman–Crippen LogP) is 2.60. The Morgan fingerprint density at radius 3 is 3.04 bits per heavy atom. The second-order valence-electron chi connectivity index (χ2n) is 6.36. The number of nitrogens with zero attached hydrogens (tertiary/aromatic N) is 3. The lowest BCUT2D eigenvalue weighted by Crippen LogP contribution is -2.12. The van der Waals surface area contributed by atoms with Crippen LogP contribution >= 0.6 is 0 Å². The van der Waals surface area contributed by atoms with Gasteiger partial charge in [0, 0.05) is 13.5 Å². The number of fused-ring (bicyclic) bond motifs is 2. The average Bonchev–Trinajstić information content (AvgIpc) is 3.07. The van der Waals surface area contributed by atoms with Gasteiger partial charge in [-0.05, 0) is 25.0 Å². The van der Waals surface area contributed by atoms with Gasteiger partial charge in [0.25, 0.3) is 5.56 Å². The van der Waals surface area contributed by atoms with Crippen molar-refractivity contribution in [1.82, 2.24) is 19.7 Å². The Kier molecular flexibility index (Phi) is 3.40. The molecule has 1 unspecified atom stereocenters. The van der Waals surface area contributed by atoms with E-state index < -0.39 is 0 Å². The van der Waals surface area contributed by atoms with E-state index in [2.05, 4.69) is 23.1 Å². The summed E-state index contributed by atoms with van der Waals surface area (Å²) in [5, 5.41) is 4.46. The molecule has 1 aliphatic heterocycles. The molecule has 3 heterocycles. The SMILES string of the molecule is CCCc1nn(C)c2c(=O)[nH]c(-c3cccc4c3OC(C)C4)nc12. The summed E-state index contributed by atoms with van der Waals surface area (Å²) in [6.07, 6.45) is 2.78. The molecule has 6 heteroatoms. The molecule has 0 fully saturated rings. The number of ether oxygens (including phenoxy) is 1. The molecule has 0 radical (unpaired) electrons. The molecule has 0 saturated carbocycles. The van der Waals surface area contributed by atoms with Gasteiger partial charge < -0.3 is 9.72 Å². The standard InChI is InChI=1S/C18H20N4O2/c1-4-6-13-14-15(22(3)21-13)18(23)20-17(19-14)12-8-5-7-11-9-10(2)24-16(11)12/h5,7-8,10H,4,6,9H2,1-3H3,(H,19,20,23). The summed E-state index contributed by atoms with van der Waals surface area (Å²) in [6, 6.07) is 5.98. The zero-order valence-electron chi connectivity index (χ0n) is 14.1. The van der Waals surface area contributed by atoms with Gasteiger partial charge in [-0.3, -0.25) is 9.48 Å². The van der Waals surface area contributed by atoms with Gasteiger partial charge in [0.05, 0.1) is 11.3 Å². The molecular weight excluding hydrogens is 304 g/mol. The predicted molar refractivity (Wildman–Crippen MR) is 92.4 cm³/mol. The van der Waals surface area contributed by atoms with Gasteiger partial charge in [-0.2, -0.15) is 5.10 Å². The summed E-state index contributed by atoms with van der Waals surface area (Å²) in [5.74, 6) is 1.37. The maximum Gasteiger partial charge on any atom is 0.277 e. The van der Waals surface area contributed by atoms with Crippen molar-refractivity contribution < 1.29 is 4.74 Å². The molecule has 1 atom stereocenters. The quantitative estimate of drug-likeness (QED) is 0.804. The van der Waals surface area contributed by atoms with Crippen LogP contribution in [-0.4, -0.2) is 25.9 Å². The molecule has 0 saturated heterocycles. The molecule has 0 aliphatic carbocycles. The number of rotatable bonds is 3. The molecule has 124 valence electrons. The van der Waals surface area contributed by atoms with Crippen molar-refractivity contribution in [1.29, 1.82) is 0 Å². The van der Waals surface area contributed by atoms with Crippen LogP contribution in [0.3, 0.4) is 0 Å². The molecule has 6 nitrogen and oxygen atoms in total. The minimum Gasteiger partial charge on any atom is -0.489 e. The molecule has 4 rings (SSSR count). The maximum absolute atomic E-state index is 12.6. The zero-order chi connectivity index (χ0) is 16.8. The van der Waals surface area contributed by atoms with Crippen molar-refractivity contribution in [2.45, 2.75) is 39.2 Å². The van der Waals surface area contributed by atoms with E-state index in [1.807, 2.05) is 19.1 Å². The fraction of sp³-hybridized carbons (Fsp3) is 0.389. The zero-order valence-corrected chi connectivity index (χ0v) is 14.1. The molecule has 1 N–H and O–H groups in total. The van der Waals surface area contributed by atoms with Crippen LogP contribution < -0.4 is 10.3 Å². The van der Waals surface area contributed by atoms with Crippen molar-refractivity contribution in [2.75, 3.05) is 0 Å². The van der Waals surface area contributed by atoms with Crippen LogP contribution in [0.1, 0.15) is 31.5 Å². The number of aromatic amines is 1. The van der Waals surface area contributed by atoms with Crippen molar-refractivity contribution in [3.05, 3.63) is 39.8 Å². The number of para-hydroxylation sites is 1. The Hall–Kier alpha value is -2.63. The van der Waals surface area contributed by atoms with E-state index in [1.54, 1.807) is 11.7 Å². The topological polar surface area (TPSA) is 72.8 Å². The van der Waals surface area contributed by atoms with Gasteiger partial charge in [0.2, 0.25) is 0 Å². The third-order valence-corrected chi connectivity index (χ3v) is 4.43. The van der Waals surface area contributed by atoms with Crippen LogP contribution in [0, 0.1) is 0 Å². The molecular formula is C18H20N4O2. The minimum atomic E-state index is -0.170. The number of aromatic nitrogens is 4. The highest BCUT2D eigenvalue weighted by molar-refractivity contribution is 5.80. The smallest absolute Gasteiger partial charge is 0.277 e. The lowest BCUT2D eigenvalue weighted by molar-refractivity contribution is 0.255. The first kappa shape index (κ1) is 14.9. The summed E-state index contributed by atoms with van der Waals surface area (Å²) in [7, 11) is 1.78. The molecule has 1 aliphatic rings. The molecule has 0 spiro atoms. The molecule has 0 amide bonds. The second-order valence-corrected chi connectivity index (χ2v) is 6.36. The summed E-state index contributed by atoms with van der Waals surface area (Å²) >= 11 is 0. The minimum absolute atomic E-state index is 0.144. The number of nitrogens with one attached hydrogen (secondary N) is 1. The van der Waals surface area contributed by atoms with Crippen LogP contribution in [0.15, 0.2) is 23.0 Å². The summed E-state index contributed by atoms with van der Waals surface area (Å²) in [5.41, 5.74) is 3.89. The van der Waals surface area contributed by atoms with Crippen molar-refractivity contribution >= 4 is 11.0 Å². The van der Waals surface area contributed by atoms with Crippen LogP contribution in [0.25, 0.3) is 22.4 Å². The molecule has 0 bridgehead atoms. The number of aryl methyl sites for hydroxylation is 2. The van der Waals surface area contributed by atoms with E-state index >= 15 is 0 Å². The second kappa shape index (κ2) is 5.47. The van der Waals surface area contributed by atoms with Gasteiger partial charge >= 0.3 is 0 Å². The third kappa shape index (κ3) is 2.21. The van der Waals surface area contributed by atoms with Crippen molar-refractivity contribution in [3.63, 3.8) is 0 Å². The average molecular weight is 324 g/mol.